The molecule has 2 atom stereocenters. The van der Waals surface area contributed by atoms with Crippen LogP contribution >= 0.6 is 11.5 Å². The molecule has 0 fully saturated rings. The third-order valence-electron chi connectivity index (χ3n) is 2.47. The second-order valence-electron chi connectivity index (χ2n) is 3.54. The van der Waals surface area contributed by atoms with E-state index in [1.54, 1.807) is 0 Å². The Hall–Kier alpha value is -0.480. The summed E-state index contributed by atoms with van der Waals surface area (Å²) in [5, 5.41) is 4.56. The predicted octanol–water partition coefficient (Wildman–Crippen LogP) is 2.20. The summed E-state index contributed by atoms with van der Waals surface area (Å²) in [5.41, 5.74) is 0. The Bertz CT molecular complexity index is 272. The van der Waals surface area contributed by atoms with Crippen molar-refractivity contribution in [1.29, 1.82) is 0 Å². The van der Waals surface area contributed by atoms with Gasteiger partial charge in [-0.2, -0.15) is 4.37 Å². The van der Waals surface area contributed by atoms with Crippen molar-refractivity contribution in [3.63, 3.8) is 0 Å². The Kier molecular flexibility index (Phi) is 4.48. The van der Waals surface area contributed by atoms with E-state index in [4.69, 9.17) is 0 Å². The van der Waals surface area contributed by atoms with Gasteiger partial charge in [0.25, 0.3) is 0 Å². The Labute approximate surface area is 90.1 Å². The fourth-order valence-corrected chi connectivity index (χ4v) is 2.19. The third kappa shape index (κ3) is 2.75. The van der Waals surface area contributed by atoms with Crippen LogP contribution in [0.25, 0.3) is 0 Å². The summed E-state index contributed by atoms with van der Waals surface area (Å²) in [6, 6.07) is 0.470. The Morgan fingerprint density at radius 2 is 2.07 bits per heavy atom. The lowest BCUT2D eigenvalue weighted by molar-refractivity contribution is 0.493. The molecular weight excluding hydrogens is 194 g/mol. The van der Waals surface area contributed by atoms with E-state index >= 15 is 0 Å². The van der Waals surface area contributed by atoms with E-state index in [0.29, 0.717) is 12.0 Å². The van der Waals surface area contributed by atoms with Gasteiger partial charge in [-0.1, -0.05) is 20.8 Å². The quantitative estimate of drug-likeness (QED) is 0.815. The Morgan fingerprint density at radius 1 is 1.36 bits per heavy atom. The summed E-state index contributed by atoms with van der Waals surface area (Å²) < 4.78 is 4.30. The number of aromatic nitrogens is 2. The molecule has 1 aromatic heterocycles. The number of hydrogen-bond acceptors (Lipinski definition) is 4. The highest BCUT2D eigenvalue weighted by Gasteiger charge is 2.17. The molecule has 1 N–H and O–H groups in total. The first-order chi connectivity index (χ1) is 6.69. The van der Waals surface area contributed by atoms with Gasteiger partial charge in [-0.05, 0) is 25.0 Å². The second kappa shape index (κ2) is 5.41. The van der Waals surface area contributed by atoms with Gasteiger partial charge in [0.05, 0.1) is 0 Å². The van der Waals surface area contributed by atoms with Crippen molar-refractivity contribution in [1.82, 2.24) is 14.7 Å². The standard InChI is InChI=1S/C10H19N3S/c1-5-9-12-10(14-13-9)7(3)8(4)11-6-2/h7-8,11H,5-6H2,1-4H3. The van der Waals surface area contributed by atoms with Crippen molar-refractivity contribution >= 4 is 11.5 Å². The van der Waals surface area contributed by atoms with Crippen LogP contribution in [0.2, 0.25) is 0 Å². The monoisotopic (exact) mass is 213 g/mol. The van der Waals surface area contributed by atoms with Crippen molar-refractivity contribution < 1.29 is 0 Å². The van der Waals surface area contributed by atoms with Crippen LogP contribution in [-0.2, 0) is 6.42 Å². The highest BCUT2D eigenvalue weighted by atomic mass is 32.1. The fourth-order valence-electron chi connectivity index (χ4n) is 1.31. The van der Waals surface area contributed by atoms with Crippen LogP contribution in [0, 0.1) is 0 Å². The maximum absolute atomic E-state index is 4.50. The van der Waals surface area contributed by atoms with E-state index < -0.39 is 0 Å². The van der Waals surface area contributed by atoms with Crippen molar-refractivity contribution in [2.45, 2.75) is 46.1 Å². The van der Waals surface area contributed by atoms with Crippen LogP contribution in [0.5, 0.6) is 0 Å². The molecule has 0 spiro atoms. The molecule has 1 aromatic rings. The highest BCUT2D eigenvalue weighted by Crippen LogP contribution is 2.20. The van der Waals surface area contributed by atoms with Crippen LogP contribution in [0.1, 0.15) is 44.4 Å². The molecule has 0 radical (unpaired) electrons. The number of aryl methyl sites for hydroxylation is 1. The molecule has 0 saturated carbocycles. The molecule has 0 aromatic carbocycles. The molecule has 1 rings (SSSR count). The van der Waals surface area contributed by atoms with Crippen LogP contribution in [0.3, 0.4) is 0 Å². The van der Waals surface area contributed by atoms with Crippen molar-refractivity contribution in [2.24, 2.45) is 0 Å². The second-order valence-corrected chi connectivity index (χ2v) is 4.32. The van der Waals surface area contributed by atoms with Crippen molar-refractivity contribution in [3.05, 3.63) is 10.8 Å². The summed E-state index contributed by atoms with van der Waals surface area (Å²) in [4.78, 5) is 4.50. The van der Waals surface area contributed by atoms with Crippen LogP contribution in [0.15, 0.2) is 0 Å². The zero-order chi connectivity index (χ0) is 10.6. The van der Waals surface area contributed by atoms with E-state index in [1.807, 2.05) is 0 Å². The summed E-state index contributed by atoms with van der Waals surface area (Å²) in [6.45, 7) is 9.62. The van der Waals surface area contributed by atoms with Gasteiger partial charge in [-0.3, -0.25) is 0 Å². The number of nitrogens with one attached hydrogen (secondary N) is 1. The van der Waals surface area contributed by atoms with Gasteiger partial charge >= 0.3 is 0 Å². The topological polar surface area (TPSA) is 37.8 Å². The van der Waals surface area contributed by atoms with Gasteiger partial charge in [0.2, 0.25) is 0 Å². The minimum atomic E-state index is 0.452. The van der Waals surface area contributed by atoms with Gasteiger partial charge in [-0.15, -0.1) is 0 Å². The molecule has 0 aliphatic carbocycles. The molecule has 14 heavy (non-hydrogen) atoms. The summed E-state index contributed by atoms with van der Waals surface area (Å²) in [6.07, 6.45) is 0.929. The zero-order valence-electron chi connectivity index (χ0n) is 9.37. The average Bonchev–Trinajstić information content (AvgIpc) is 2.65. The molecule has 0 amide bonds. The number of nitrogens with zero attached hydrogens (tertiary/aromatic N) is 2. The first-order valence-corrected chi connectivity index (χ1v) is 6.02. The Balaban J connectivity index is 2.63. The molecule has 0 bridgehead atoms. The molecule has 0 saturated heterocycles. The van der Waals surface area contributed by atoms with Gasteiger partial charge in [0.1, 0.15) is 10.8 Å². The molecular formula is C10H19N3S. The lowest BCUT2D eigenvalue weighted by atomic mass is 10.1. The summed E-state index contributed by atoms with van der Waals surface area (Å²) in [7, 11) is 0. The van der Waals surface area contributed by atoms with Crippen molar-refractivity contribution in [2.75, 3.05) is 6.54 Å². The molecule has 4 heteroatoms. The predicted molar refractivity (Wildman–Crippen MR) is 60.8 cm³/mol. The molecule has 1 heterocycles. The maximum Gasteiger partial charge on any atom is 0.142 e. The fraction of sp³-hybridized carbons (Fsp3) is 0.800. The molecule has 2 unspecified atom stereocenters. The van der Waals surface area contributed by atoms with E-state index in [1.165, 1.54) is 11.5 Å². The van der Waals surface area contributed by atoms with Crippen LogP contribution < -0.4 is 5.32 Å². The number of hydrogen-bond donors (Lipinski definition) is 1. The van der Waals surface area contributed by atoms with Crippen LogP contribution in [-0.4, -0.2) is 21.9 Å². The van der Waals surface area contributed by atoms with E-state index in [0.717, 1.165) is 23.8 Å². The van der Waals surface area contributed by atoms with E-state index in [-0.39, 0.29) is 0 Å². The summed E-state index contributed by atoms with van der Waals surface area (Å²) >= 11 is 1.54. The average molecular weight is 213 g/mol. The van der Waals surface area contributed by atoms with Gasteiger partial charge < -0.3 is 5.32 Å². The first kappa shape index (κ1) is 11.6. The Morgan fingerprint density at radius 3 is 2.57 bits per heavy atom. The number of likely N-dealkylation sites (N-methyl/N-ethyl adjacent to an activating group) is 1. The number of rotatable bonds is 5. The minimum absolute atomic E-state index is 0.452. The first-order valence-electron chi connectivity index (χ1n) is 5.24. The normalized spacial score (nSPS) is 15.4. The minimum Gasteiger partial charge on any atom is -0.314 e. The van der Waals surface area contributed by atoms with Gasteiger partial charge in [0, 0.05) is 18.4 Å². The molecule has 0 aliphatic heterocycles. The van der Waals surface area contributed by atoms with Crippen LogP contribution in [0.4, 0.5) is 0 Å². The SMILES string of the molecule is CCNC(C)C(C)c1nc(CC)ns1. The highest BCUT2D eigenvalue weighted by molar-refractivity contribution is 7.05. The van der Waals surface area contributed by atoms with Crippen molar-refractivity contribution in [3.8, 4) is 0 Å². The van der Waals surface area contributed by atoms with E-state index in [9.17, 15) is 0 Å². The van der Waals surface area contributed by atoms with E-state index in [2.05, 4.69) is 42.4 Å². The third-order valence-corrected chi connectivity index (χ3v) is 3.42. The van der Waals surface area contributed by atoms with Gasteiger partial charge in [-0.25, -0.2) is 4.98 Å². The smallest absolute Gasteiger partial charge is 0.142 e. The molecule has 80 valence electrons. The summed E-state index contributed by atoms with van der Waals surface area (Å²) in [5.74, 6) is 1.42. The van der Waals surface area contributed by atoms with Gasteiger partial charge in [0.15, 0.2) is 0 Å². The lowest BCUT2D eigenvalue weighted by Crippen LogP contribution is -2.30. The zero-order valence-corrected chi connectivity index (χ0v) is 10.2. The maximum atomic E-state index is 4.50. The lowest BCUT2D eigenvalue weighted by Gasteiger charge is -2.17. The molecule has 0 aliphatic rings. The largest absolute Gasteiger partial charge is 0.314 e. The molecule has 3 nitrogen and oxygen atoms in total.